The van der Waals surface area contributed by atoms with Crippen LogP contribution < -0.4 is 5.73 Å². The monoisotopic (exact) mass is 358 g/mol. The van der Waals surface area contributed by atoms with E-state index >= 15 is 0 Å². The minimum absolute atomic E-state index is 0.0392. The molecule has 0 aromatic heterocycles. The summed E-state index contributed by atoms with van der Waals surface area (Å²) in [6, 6.07) is 5.65. The zero-order valence-corrected chi connectivity index (χ0v) is 14.1. The largest absolute Gasteiger partial charge is 0.393 e. The number of methoxy groups -OCH3 is 1. The minimum Gasteiger partial charge on any atom is -0.393 e. The Bertz CT molecular complexity index is 474. The van der Waals surface area contributed by atoms with Crippen molar-refractivity contribution in [2.75, 3.05) is 26.8 Å². The molecular weight excluding hydrogens is 340 g/mol. The van der Waals surface area contributed by atoms with E-state index in [9.17, 15) is 4.79 Å². The summed E-state index contributed by atoms with van der Waals surface area (Å²) in [6.45, 7) is 3.46. The van der Waals surface area contributed by atoms with Gasteiger partial charge in [0.25, 0.3) is 5.91 Å². The molecule has 1 rings (SSSR count). The van der Waals surface area contributed by atoms with E-state index in [1.807, 2.05) is 25.1 Å². The summed E-state index contributed by atoms with van der Waals surface area (Å²) >= 11 is 8.28. The number of carbonyl (C=O) groups is 1. The predicted molar refractivity (Wildman–Crippen MR) is 88.1 cm³/mol. The van der Waals surface area contributed by atoms with Crippen LogP contribution in [0.1, 0.15) is 22.3 Å². The highest BCUT2D eigenvalue weighted by Gasteiger charge is 2.16. The van der Waals surface area contributed by atoms with Crippen LogP contribution in [0.3, 0.4) is 0 Å². The second-order valence-corrected chi connectivity index (χ2v) is 5.96. The number of ether oxygens (including phenoxy) is 1. The molecule has 0 aliphatic carbocycles. The summed E-state index contributed by atoms with van der Waals surface area (Å²) in [5, 5.41) is 0. The molecule has 20 heavy (non-hydrogen) atoms. The van der Waals surface area contributed by atoms with E-state index < -0.39 is 0 Å². The van der Waals surface area contributed by atoms with Gasteiger partial charge in [-0.3, -0.25) is 4.79 Å². The highest BCUT2D eigenvalue weighted by atomic mass is 79.9. The zero-order valence-electron chi connectivity index (χ0n) is 11.7. The van der Waals surface area contributed by atoms with Crippen molar-refractivity contribution >= 4 is 39.0 Å². The fourth-order valence-electron chi connectivity index (χ4n) is 1.80. The van der Waals surface area contributed by atoms with E-state index in [0.717, 1.165) is 10.0 Å². The molecule has 0 saturated carbocycles. The topological polar surface area (TPSA) is 55.6 Å². The fraction of sp³-hybridized carbons (Fsp3) is 0.429. The molecular formula is C14H19BrN2O2S. The van der Waals surface area contributed by atoms with Crippen LogP contribution in [0.2, 0.25) is 0 Å². The van der Waals surface area contributed by atoms with Crippen molar-refractivity contribution in [3.63, 3.8) is 0 Å². The van der Waals surface area contributed by atoms with Crippen LogP contribution in [0.25, 0.3) is 0 Å². The lowest BCUT2D eigenvalue weighted by Gasteiger charge is -2.22. The second kappa shape index (κ2) is 8.34. The molecule has 0 unspecified atom stereocenters. The quantitative estimate of drug-likeness (QED) is 0.760. The molecule has 2 N–H and O–H groups in total. The Morgan fingerprint density at radius 3 is 2.65 bits per heavy atom. The minimum atomic E-state index is -0.0392. The van der Waals surface area contributed by atoms with Gasteiger partial charge >= 0.3 is 0 Å². The second-order valence-electron chi connectivity index (χ2n) is 4.52. The highest BCUT2D eigenvalue weighted by molar-refractivity contribution is 9.10. The summed E-state index contributed by atoms with van der Waals surface area (Å²) < 4.78 is 5.94. The van der Waals surface area contributed by atoms with Gasteiger partial charge in [0.05, 0.1) is 11.6 Å². The van der Waals surface area contributed by atoms with Gasteiger partial charge in [-0.15, -0.1) is 0 Å². The van der Waals surface area contributed by atoms with Crippen molar-refractivity contribution in [3.05, 3.63) is 33.8 Å². The van der Waals surface area contributed by atoms with Crippen molar-refractivity contribution in [2.45, 2.75) is 13.3 Å². The fourth-order valence-corrected chi connectivity index (χ4v) is 2.50. The molecule has 0 atom stereocenters. The average Bonchev–Trinajstić information content (AvgIpc) is 2.36. The van der Waals surface area contributed by atoms with Crippen LogP contribution in [0.5, 0.6) is 0 Å². The van der Waals surface area contributed by atoms with Gasteiger partial charge in [-0.05, 0) is 30.7 Å². The van der Waals surface area contributed by atoms with E-state index in [2.05, 4.69) is 15.9 Å². The number of benzene rings is 1. The number of thiocarbonyl (C=S) groups is 1. The number of nitrogens with zero attached hydrogens (tertiary/aromatic N) is 1. The number of halogens is 1. The molecule has 1 amide bonds. The van der Waals surface area contributed by atoms with Gasteiger partial charge in [-0.1, -0.05) is 28.1 Å². The Morgan fingerprint density at radius 2 is 2.10 bits per heavy atom. The normalized spacial score (nSPS) is 10.3. The number of nitrogens with two attached hydrogens (primary N) is 1. The Labute approximate surface area is 133 Å². The SMILES string of the molecule is COCCN(CCC(N)=S)C(=O)c1cc(C)cc(Br)c1. The summed E-state index contributed by atoms with van der Waals surface area (Å²) in [5.74, 6) is -0.0392. The van der Waals surface area contributed by atoms with Gasteiger partial charge < -0.3 is 15.4 Å². The van der Waals surface area contributed by atoms with Gasteiger partial charge in [-0.2, -0.15) is 0 Å². The Morgan fingerprint density at radius 1 is 1.40 bits per heavy atom. The number of aryl methyl sites for hydroxylation is 1. The first kappa shape index (κ1) is 17.1. The molecule has 110 valence electrons. The smallest absolute Gasteiger partial charge is 0.253 e. The van der Waals surface area contributed by atoms with Crippen molar-refractivity contribution in [1.29, 1.82) is 0 Å². The average molecular weight is 359 g/mol. The molecule has 0 radical (unpaired) electrons. The molecule has 1 aromatic rings. The van der Waals surface area contributed by atoms with Crippen LogP contribution in [0.4, 0.5) is 0 Å². The van der Waals surface area contributed by atoms with Crippen molar-refractivity contribution < 1.29 is 9.53 Å². The highest BCUT2D eigenvalue weighted by Crippen LogP contribution is 2.17. The van der Waals surface area contributed by atoms with Crippen LogP contribution in [-0.2, 0) is 4.74 Å². The Balaban J connectivity index is 2.87. The molecule has 4 nitrogen and oxygen atoms in total. The first-order chi connectivity index (χ1) is 9.43. The van der Waals surface area contributed by atoms with E-state index in [-0.39, 0.29) is 5.91 Å². The first-order valence-corrected chi connectivity index (χ1v) is 7.48. The van der Waals surface area contributed by atoms with Crippen LogP contribution in [-0.4, -0.2) is 42.6 Å². The predicted octanol–water partition coefficient (Wildman–Crippen LogP) is 2.52. The summed E-state index contributed by atoms with van der Waals surface area (Å²) in [4.78, 5) is 14.7. The molecule has 0 aliphatic heterocycles. The standard InChI is InChI=1S/C14H19BrN2O2S/c1-10-7-11(9-12(15)8-10)14(18)17(5-6-19-2)4-3-13(16)20/h7-9H,3-6H2,1-2H3,(H2,16,20). The third-order valence-electron chi connectivity index (χ3n) is 2.77. The van der Waals surface area contributed by atoms with E-state index in [0.29, 0.717) is 36.7 Å². The van der Waals surface area contributed by atoms with E-state index in [1.165, 1.54) is 0 Å². The van der Waals surface area contributed by atoms with Crippen molar-refractivity contribution in [2.24, 2.45) is 5.73 Å². The zero-order chi connectivity index (χ0) is 15.1. The molecule has 0 heterocycles. The molecule has 0 aliphatic rings. The maximum Gasteiger partial charge on any atom is 0.253 e. The van der Waals surface area contributed by atoms with Gasteiger partial charge in [-0.25, -0.2) is 0 Å². The summed E-state index contributed by atoms with van der Waals surface area (Å²) in [6.07, 6.45) is 0.512. The third-order valence-corrected chi connectivity index (χ3v) is 3.43. The van der Waals surface area contributed by atoms with E-state index in [4.69, 9.17) is 22.7 Å². The molecule has 0 saturated heterocycles. The first-order valence-electron chi connectivity index (χ1n) is 6.27. The number of rotatable bonds is 7. The molecule has 1 aromatic carbocycles. The maximum atomic E-state index is 12.5. The van der Waals surface area contributed by atoms with Crippen molar-refractivity contribution in [3.8, 4) is 0 Å². The molecule has 0 spiro atoms. The van der Waals surface area contributed by atoms with Gasteiger partial charge in [0.2, 0.25) is 0 Å². The lowest BCUT2D eigenvalue weighted by Crippen LogP contribution is -2.36. The van der Waals surface area contributed by atoms with Crippen molar-refractivity contribution in [1.82, 2.24) is 4.90 Å². The van der Waals surface area contributed by atoms with Crippen LogP contribution in [0.15, 0.2) is 22.7 Å². The number of carbonyl (C=O) groups excluding carboxylic acids is 1. The van der Waals surface area contributed by atoms with E-state index in [1.54, 1.807) is 12.0 Å². The molecule has 0 fully saturated rings. The Kier molecular flexibility index (Phi) is 7.12. The summed E-state index contributed by atoms with van der Waals surface area (Å²) in [5.41, 5.74) is 7.19. The lowest BCUT2D eigenvalue weighted by atomic mass is 10.1. The maximum absolute atomic E-state index is 12.5. The lowest BCUT2D eigenvalue weighted by molar-refractivity contribution is 0.0701. The van der Waals surface area contributed by atoms with Crippen LogP contribution in [0, 0.1) is 6.92 Å². The number of hydrogen-bond acceptors (Lipinski definition) is 3. The van der Waals surface area contributed by atoms with Gasteiger partial charge in [0, 0.05) is 36.7 Å². The van der Waals surface area contributed by atoms with Crippen LogP contribution >= 0.6 is 28.1 Å². The number of amides is 1. The summed E-state index contributed by atoms with van der Waals surface area (Å²) in [7, 11) is 1.61. The molecule has 6 heteroatoms. The number of hydrogen-bond donors (Lipinski definition) is 1. The van der Waals surface area contributed by atoms with Gasteiger partial charge in [0.15, 0.2) is 0 Å². The Hall–Kier alpha value is -0.980. The van der Waals surface area contributed by atoms with Gasteiger partial charge in [0.1, 0.15) is 0 Å². The third kappa shape index (κ3) is 5.56. The molecule has 0 bridgehead atoms.